The second-order valence-electron chi connectivity index (χ2n) is 6.30. The van der Waals surface area contributed by atoms with E-state index in [1.165, 1.54) is 0 Å². The number of aromatic nitrogens is 3. The summed E-state index contributed by atoms with van der Waals surface area (Å²) >= 11 is 0. The Morgan fingerprint density at radius 2 is 2.04 bits per heavy atom. The highest BCUT2D eigenvalue weighted by Gasteiger charge is 2.34. The number of pyridine rings is 1. The van der Waals surface area contributed by atoms with Gasteiger partial charge in [-0.3, -0.25) is 9.88 Å². The quantitative estimate of drug-likeness (QED) is 0.848. The first-order chi connectivity index (χ1) is 11.8. The number of hydrogen-bond donors (Lipinski definition) is 0. The number of nitrogens with zero attached hydrogens (tertiary/aromatic N) is 5. The van der Waals surface area contributed by atoms with Gasteiger partial charge in [-0.2, -0.15) is 13.2 Å². The van der Waals surface area contributed by atoms with Crippen molar-refractivity contribution in [3.05, 3.63) is 47.5 Å². The molecule has 1 unspecified atom stereocenters. The van der Waals surface area contributed by atoms with Gasteiger partial charge in [-0.25, -0.2) is 9.97 Å². The lowest BCUT2D eigenvalue weighted by Gasteiger charge is -2.25. The van der Waals surface area contributed by atoms with E-state index < -0.39 is 11.9 Å². The van der Waals surface area contributed by atoms with Crippen LogP contribution in [0.15, 0.2) is 30.6 Å². The second-order valence-corrected chi connectivity index (χ2v) is 6.30. The molecule has 0 bridgehead atoms. The first kappa shape index (κ1) is 17.6. The SMILES string of the molecule is Cc1cccnc1CN1CCC(N(C)c2nccc(C(F)(F)F)n2)C1. The molecule has 2 aromatic rings. The second kappa shape index (κ2) is 6.95. The number of anilines is 1. The van der Waals surface area contributed by atoms with Gasteiger partial charge in [-0.15, -0.1) is 0 Å². The van der Waals surface area contributed by atoms with Crippen molar-refractivity contribution in [2.45, 2.75) is 32.1 Å². The summed E-state index contributed by atoms with van der Waals surface area (Å²) in [5.74, 6) is 0.107. The molecular weight excluding hydrogens is 331 g/mol. The van der Waals surface area contributed by atoms with Crippen molar-refractivity contribution in [3.8, 4) is 0 Å². The monoisotopic (exact) mass is 351 g/mol. The summed E-state index contributed by atoms with van der Waals surface area (Å²) in [6, 6.07) is 4.90. The predicted octanol–water partition coefficient (Wildman–Crippen LogP) is 2.91. The van der Waals surface area contributed by atoms with Gasteiger partial charge in [0.25, 0.3) is 0 Å². The first-order valence-corrected chi connectivity index (χ1v) is 8.10. The molecule has 5 nitrogen and oxygen atoms in total. The Labute approximate surface area is 144 Å². The summed E-state index contributed by atoms with van der Waals surface area (Å²) in [6.45, 7) is 4.37. The molecule has 3 heterocycles. The van der Waals surface area contributed by atoms with E-state index in [9.17, 15) is 13.2 Å². The van der Waals surface area contributed by atoms with Gasteiger partial charge in [-0.05, 0) is 31.0 Å². The third-order valence-corrected chi connectivity index (χ3v) is 4.54. The van der Waals surface area contributed by atoms with Gasteiger partial charge in [0.05, 0.1) is 5.69 Å². The number of aryl methyl sites for hydroxylation is 1. The van der Waals surface area contributed by atoms with Gasteiger partial charge in [-0.1, -0.05) is 6.07 Å². The summed E-state index contributed by atoms with van der Waals surface area (Å²) in [5.41, 5.74) is 1.25. The molecule has 2 aromatic heterocycles. The smallest absolute Gasteiger partial charge is 0.340 e. The number of hydrogen-bond acceptors (Lipinski definition) is 5. The van der Waals surface area contributed by atoms with Crippen molar-refractivity contribution in [1.82, 2.24) is 19.9 Å². The van der Waals surface area contributed by atoms with Crippen molar-refractivity contribution < 1.29 is 13.2 Å². The zero-order valence-electron chi connectivity index (χ0n) is 14.2. The summed E-state index contributed by atoms with van der Waals surface area (Å²) in [4.78, 5) is 16.1. The fraction of sp³-hybridized carbons (Fsp3) is 0.471. The molecule has 0 spiro atoms. The first-order valence-electron chi connectivity index (χ1n) is 8.10. The van der Waals surface area contributed by atoms with Gasteiger partial charge in [0.1, 0.15) is 5.69 Å². The van der Waals surface area contributed by atoms with E-state index in [1.807, 2.05) is 19.1 Å². The molecule has 0 amide bonds. The summed E-state index contributed by atoms with van der Waals surface area (Å²) < 4.78 is 38.5. The van der Waals surface area contributed by atoms with Crippen LogP contribution in [0.25, 0.3) is 0 Å². The van der Waals surface area contributed by atoms with Gasteiger partial charge in [0, 0.05) is 45.1 Å². The lowest BCUT2D eigenvalue weighted by atomic mass is 10.2. The van der Waals surface area contributed by atoms with Gasteiger partial charge in [0.15, 0.2) is 0 Å². The van der Waals surface area contributed by atoms with Crippen LogP contribution in [0.3, 0.4) is 0 Å². The van der Waals surface area contributed by atoms with Crippen molar-refractivity contribution in [3.63, 3.8) is 0 Å². The zero-order chi connectivity index (χ0) is 18.0. The number of alkyl halides is 3. The number of halogens is 3. The molecule has 1 atom stereocenters. The van der Waals surface area contributed by atoms with Crippen LogP contribution in [0.5, 0.6) is 0 Å². The van der Waals surface area contributed by atoms with Crippen LogP contribution in [-0.2, 0) is 12.7 Å². The van der Waals surface area contributed by atoms with Crippen molar-refractivity contribution in [1.29, 1.82) is 0 Å². The average Bonchev–Trinajstić information content (AvgIpc) is 3.04. The highest BCUT2D eigenvalue weighted by atomic mass is 19.4. The summed E-state index contributed by atoms with van der Waals surface area (Å²) in [7, 11) is 1.75. The molecule has 0 N–H and O–H groups in total. The van der Waals surface area contributed by atoms with E-state index in [1.54, 1.807) is 18.1 Å². The van der Waals surface area contributed by atoms with Gasteiger partial charge < -0.3 is 4.90 Å². The number of likely N-dealkylation sites (N-methyl/N-ethyl adjacent to an activating group) is 1. The lowest BCUT2D eigenvalue weighted by Crippen LogP contribution is -2.36. The third kappa shape index (κ3) is 4.07. The minimum Gasteiger partial charge on any atom is -0.340 e. The highest BCUT2D eigenvalue weighted by molar-refractivity contribution is 5.32. The van der Waals surface area contributed by atoms with E-state index in [-0.39, 0.29) is 12.0 Å². The molecule has 134 valence electrons. The predicted molar refractivity (Wildman–Crippen MR) is 88.1 cm³/mol. The Morgan fingerprint density at radius 3 is 2.76 bits per heavy atom. The molecule has 1 saturated heterocycles. The molecule has 0 aliphatic carbocycles. The normalized spacial score (nSPS) is 18.5. The van der Waals surface area contributed by atoms with E-state index in [0.717, 1.165) is 49.6 Å². The molecule has 1 fully saturated rings. The minimum atomic E-state index is -4.46. The van der Waals surface area contributed by atoms with E-state index >= 15 is 0 Å². The van der Waals surface area contributed by atoms with E-state index in [2.05, 4.69) is 19.9 Å². The Kier molecular flexibility index (Phi) is 4.89. The highest BCUT2D eigenvalue weighted by Crippen LogP contribution is 2.29. The Balaban J connectivity index is 1.67. The standard InChI is InChI=1S/C17H20F3N5/c1-12-4-3-7-21-14(12)11-25-9-6-13(10-25)24(2)16-22-8-5-15(23-16)17(18,19)20/h3-5,7-8,13H,6,9-11H2,1-2H3. The number of likely N-dealkylation sites (tertiary alicyclic amines) is 1. The maximum atomic E-state index is 12.8. The zero-order valence-corrected chi connectivity index (χ0v) is 14.2. The van der Waals surface area contributed by atoms with Crippen LogP contribution in [-0.4, -0.2) is 46.0 Å². The maximum Gasteiger partial charge on any atom is 0.433 e. The Hall–Kier alpha value is -2.22. The van der Waals surface area contributed by atoms with Gasteiger partial charge >= 0.3 is 6.18 Å². The largest absolute Gasteiger partial charge is 0.433 e. The van der Waals surface area contributed by atoms with Crippen LogP contribution >= 0.6 is 0 Å². The fourth-order valence-corrected chi connectivity index (χ4v) is 3.01. The molecule has 3 rings (SSSR count). The third-order valence-electron chi connectivity index (χ3n) is 4.54. The number of rotatable bonds is 4. The maximum absolute atomic E-state index is 12.8. The molecule has 1 aliphatic rings. The average molecular weight is 351 g/mol. The van der Waals surface area contributed by atoms with Crippen molar-refractivity contribution in [2.24, 2.45) is 0 Å². The minimum absolute atomic E-state index is 0.0764. The Morgan fingerprint density at radius 1 is 1.24 bits per heavy atom. The molecule has 25 heavy (non-hydrogen) atoms. The molecule has 0 saturated carbocycles. The topological polar surface area (TPSA) is 45.2 Å². The fourth-order valence-electron chi connectivity index (χ4n) is 3.01. The molecule has 8 heteroatoms. The lowest BCUT2D eigenvalue weighted by molar-refractivity contribution is -0.141. The van der Waals surface area contributed by atoms with Gasteiger partial charge in [0.2, 0.25) is 5.95 Å². The van der Waals surface area contributed by atoms with Crippen molar-refractivity contribution >= 4 is 5.95 Å². The van der Waals surface area contributed by atoms with Crippen LogP contribution in [0.1, 0.15) is 23.4 Å². The van der Waals surface area contributed by atoms with Crippen LogP contribution in [0.4, 0.5) is 19.1 Å². The summed E-state index contributed by atoms with van der Waals surface area (Å²) in [5, 5.41) is 0. The van der Waals surface area contributed by atoms with E-state index in [4.69, 9.17) is 0 Å². The molecular formula is C17H20F3N5. The summed E-state index contributed by atoms with van der Waals surface area (Å²) in [6.07, 6.45) is -0.678. The molecule has 0 radical (unpaired) electrons. The molecule has 1 aliphatic heterocycles. The van der Waals surface area contributed by atoms with E-state index in [0.29, 0.717) is 0 Å². The van der Waals surface area contributed by atoms with Crippen LogP contribution < -0.4 is 4.90 Å². The van der Waals surface area contributed by atoms with Crippen LogP contribution in [0.2, 0.25) is 0 Å². The van der Waals surface area contributed by atoms with Crippen molar-refractivity contribution in [2.75, 3.05) is 25.0 Å². The van der Waals surface area contributed by atoms with Crippen LogP contribution in [0, 0.1) is 6.92 Å². The Bertz CT molecular complexity index is 734. The molecule has 0 aromatic carbocycles.